The summed E-state index contributed by atoms with van der Waals surface area (Å²) in [7, 11) is 0. The summed E-state index contributed by atoms with van der Waals surface area (Å²) in [6, 6.07) is 12.4. The molecule has 3 amide bonds. The van der Waals surface area contributed by atoms with Crippen molar-refractivity contribution in [3.63, 3.8) is 0 Å². The van der Waals surface area contributed by atoms with Crippen molar-refractivity contribution >= 4 is 46.4 Å². The average molecular weight is 469 g/mol. The first-order valence-corrected chi connectivity index (χ1v) is 11.3. The summed E-state index contributed by atoms with van der Waals surface area (Å²) in [5.41, 5.74) is 2.23. The van der Waals surface area contributed by atoms with Gasteiger partial charge in [0.25, 0.3) is 5.91 Å². The first-order valence-electron chi connectivity index (χ1n) is 10.9. The van der Waals surface area contributed by atoms with E-state index in [4.69, 9.17) is 12.2 Å². The van der Waals surface area contributed by atoms with E-state index in [1.807, 2.05) is 31.2 Å². The number of rotatable bonds is 7. The molecule has 2 aliphatic rings. The Bertz CT molecular complexity index is 1070. The number of nitrogens with one attached hydrogen (secondary N) is 1. The molecule has 0 bridgehead atoms. The predicted molar refractivity (Wildman–Crippen MR) is 127 cm³/mol. The van der Waals surface area contributed by atoms with E-state index in [1.54, 1.807) is 9.80 Å². The van der Waals surface area contributed by atoms with Crippen molar-refractivity contribution in [3.8, 4) is 0 Å². The summed E-state index contributed by atoms with van der Waals surface area (Å²) >= 11 is 5.54. The Balaban J connectivity index is 1.47. The van der Waals surface area contributed by atoms with Gasteiger partial charge in [-0.05, 0) is 67.5 Å². The van der Waals surface area contributed by atoms with Gasteiger partial charge in [-0.2, -0.15) is 0 Å². The van der Waals surface area contributed by atoms with Gasteiger partial charge in [-0.15, -0.1) is 0 Å². The van der Waals surface area contributed by atoms with Crippen LogP contribution in [0.1, 0.15) is 31.7 Å². The molecule has 2 aromatic carbocycles. The summed E-state index contributed by atoms with van der Waals surface area (Å²) in [6.07, 6.45) is 1.35. The van der Waals surface area contributed by atoms with E-state index in [2.05, 4.69) is 5.32 Å². The molecule has 172 valence electrons. The summed E-state index contributed by atoms with van der Waals surface area (Å²) in [6.45, 7) is 3.34. The van der Waals surface area contributed by atoms with Crippen LogP contribution in [0.3, 0.4) is 0 Å². The smallest absolute Gasteiger partial charge is 0.252 e. The molecule has 0 spiro atoms. The quantitative estimate of drug-likeness (QED) is 0.632. The molecular weight excluding hydrogens is 443 g/mol. The first kappa shape index (κ1) is 22.8. The van der Waals surface area contributed by atoms with Crippen LogP contribution in [0.25, 0.3) is 0 Å². The number of thiocarbonyl (C=S) groups is 1. The van der Waals surface area contributed by atoms with Crippen LogP contribution < -0.4 is 10.2 Å². The fourth-order valence-corrected chi connectivity index (χ4v) is 4.59. The fraction of sp³-hybridized carbons (Fsp3) is 0.333. The molecule has 7 nitrogen and oxygen atoms in total. The van der Waals surface area contributed by atoms with E-state index in [0.29, 0.717) is 30.3 Å². The summed E-state index contributed by atoms with van der Waals surface area (Å²) in [4.78, 5) is 42.6. The van der Waals surface area contributed by atoms with Gasteiger partial charge in [0.05, 0.1) is 6.42 Å². The molecule has 1 atom stereocenters. The number of likely N-dealkylation sites (N-methyl/N-ethyl adjacent to an activating group) is 1. The lowest BCUT2D eigenvalue weighted by atomic mass is 10.1. The van der Waals surface area contributed by atoms with Gasteiger partial charge in [0.1, 0.15) is 11.9 Å². The van der Waals surface area contributed by atoms with Crippen LogP contribution in [-0.4, -0.2) is 51.8 Å². The monoisotopic (exact) mass is 468 g/mol. The maximum atomic E-state index is 13.1. The maximum Gasteiger partial charge on any atom is 0.252 e. The molecule has 1 N–H and O–H groups in total. The molecule has 4 rings (SSSR count). The van der Waals surface area contributed by atoms with Gasteiger partial charge < -0.3 is 15.1 Å². The van der Waals surface area contributed by atoms with E-state index < -0.39 is 11.9 Å². The Kier molecular flexibility index (Phi) is 6.69. The van der Waals surface area contributed by atoms with Crippen LogP contribution >= 0.6 is 12.2 Å². The number of carbonyl (C=O) groups excluding carboxylic acids is 3. The minimum Gasteiger partial charge on any atom is -0.332 e. The molecule has 0 saturated carbocycles. The minimum absolute atomic E-state index is 0.0762. The van der Waals surface area contributed by atoms with Crippen molar-refractivity contribution < 1.29 is 18.8 Å². The van der Waals surface area contributed by atoms with E-state index in [-0.39, 0.29) is 24.1 Å². The predicted octanol–water partition coefficient (Wildman–Crippen LogP) is 3.30. The fourth-order valence-electron chi connectivity index (χ4n) is 4.18. The van der Waals surface area contributed by atoms with Crippen molar-refractivity contribution in [1.29, 1.82) is 0 Å². The lowest BCUT2D eigenvalue weighted by Gasteiger charge is -2.24. The zero-order valence-electron chi connectivity index (χ0n) is 18.3. The molecule has 0 radical (unpaired) electrons. The number of carbonyl (C=O) groups is 3. The third-order valence-electron chi connectivity index (χ3n) is 5.90. The molecule has 0 unspecified atom stereocenters. The number of nitrogens with zero attached hydrogens (tertiary/aromatic N) is 3. The molecule has 2 aliphatic heterocycles. The van der Waals surface area contributed by atoms with Crippen molar-refractivity contribution in [2.75, 3.05) is 23.3 Å². The Morgan fingerprint density at radius 1 is 1.12 bits per heavy atom. The summed E-state index contributed by atoms with van der Waals surface area (Å²) in [5.74, 6) is -0.835. The Hall–Kier alpha value is -3.33. The van der Waals surface area contributed by atoms with Crippen LogP contribution in [0.5, 0.6) is 0 Å². The normalized spacial score (nSPS) is 18.4. The molecule has 2 saturated heterocycles. The average Bonchev–Trinajstić information content (AvgIpc) is 3.32. The van der Waals surface area contributed by atoms with Gasteiger partial charge in [0.15, 0.2) is 5.11 Å². The van der Waals surface area contributed by atoms with Gasteiger partial charge in [0, 0.05) is 37.4 Å². The Morgan fingerprint density at radius 3 is 2.42 bits per heavy atom. The number of benzene rings is 2. The molecule has 2 fully saturated rings. The molecule has 2 heterocycles. The van der Waals surface area contributed by atoms with E-state index in [9.17, 15) is 18.8 Å². The molecule has 33 heavy (non-hydrogen) atoms. The lowest BCUT2D eigenvalue weighted by molar-refractivity contribution is -0.130. The maximum absolute atomic E-state index is 13.1. The van der Waals surface area contributed by atoms with Crippen LogP contribution in [0.15, 0.2) is 48.5 Å². The third-order valence-corrected chi connectivity index (χ3v) is 6.36. The van der Waals surface area contributed by atoms with Gasteiger partial charge >= 0.3 is 0 Å². The highest BCUT2D eigenvalue weighted by Crippen LogP contribution is 2.26. The standard InChI is InChI=1S/C24H25FN4O3S/c1-2-27-23(32)20(14-21(30)26-18-9-7-17(25)8-10-18)29(24(27)33)15-16-5-11-19(12-6-16)28-13-3-4-22(28)31/h5-12,20H,2-4,13-15H2,1H3,(H,26,30)/t20-/m1/s1. The van der Waals surface area contributed by atoms with Crippen LogP contribution in [0.4, 0.5) is 15.8 Å². The zero-order valence-corrected chi connectivity index (χ0v) is 19.1. The summed E-state index contributed by atoms with van der Waals surface area (Å²) < 4.78 is 13.1. The zero-order chi connectivity index (χ0) is 23.5. The van der Waals surface area contributed by atoms with Gasteiger partial charge in [-0.3, -0.25) is 19.3 Å². The highest BCUT2D eigenvalue weighted by atomic mass is 32.1. The summed E-state index contributed by atoms with van der Waals surface area (Å²) in [5, 5.41) is 3.10. The van der Waals surface area contributed by atoms with Gasteiger partial charge in [-0.25, -0.2) is 4.39 Å². The Labute approximate surface area is 197 Å². The highest BCUT2D eigenvalue weighted by molar-refractivity contribution is 7.80. The molecule has 2 aromatic rings. The number of hydrogen-bond acceptors (Lipinski definition) is 4. The second-order valence-electron chi connectivity index (χ2n) is 8.08. The number of hydrogen-bond donors (Lipinski definition) is 1. The van der Waals surface area contributed by atoms with E-state index >= 15 is 0 Å². The van der Waals surface area contributed by atoms with Gasteiger partial charge in [0.2, 0.25) is 11.8 Å². The number of amides is 3. The van der Waals surface area contributed by atoms with Gasteiger partial charge in [-0.1, -0.05) is 12.1 Å². The van der Waals surface area contributed by atoms with E-state index in [1.165, 1.54) is 29.2 Å². The number of anilines is 2. The largest absolute Gasteiger partial charge is 0.332 e. The molecular formula is C24H25FN4O3S. The second-order valence-corrected chi connectivity index (χ2v) is 8.45. The lowest BCUT2D eigenvalue weighted by Crippen LogP contribution is -2.37. The van der Waals surface area contributed by atoms with Crippen molar-refractivity contribution in [1.82, 2.24) is 9.80 Å². The molecule has 0 aromatic heterocycles. The molecule has 0 aliphatic carbocycles. The van der Waals surface area contributed by atoms with Crippen LogP contribution in [0, 0.1) is 5.82 Å². The topological polar surface area (TPSA) is 73.0 Å². The van der Waals surface area contributed by atoms with Crippen LogP contribution in [-0.2, 0) is 20.9 Å². The third kappa shape index (κ3) is 4.88. The van der Waals surface area contributed by atoms with Crippen LogP contribution in [0.2, 0.25) is 0 Å². The van der Waals surface area contributed by atoms with Crippen molar-refractivity contribution in [2.45, 2.75) is 38.8 Å². The SMILES string of the molecule is CCN1C(=O)[C@@H](CC(=O)Nc2ccc(F)cc2)N(Cc2ccc(N3CCCC3=O)cc2)C1=S. The highest BCUT2D eigenvalue weighted by Gasteiger charge is 2.42. The second kappa shape index (κ2) is 9.66. The molecule has 9 heteroatoms. The number of halogens is 1. The minimum atomic E-state index is -0.724. The van der Waals surface area contributed by atoms with Crippen molar-refractivity contribution in [3.05, 3.63) is 59.9 Å². The first-order chi connectivity index (χ1) is 15.9. The van der Waals surface area contributed by atoms with E-state index in [0.717, 1.165) is 24.2 Å². The van der Waals surface area contributed by atoms with Crippen molar-refractivity contribution in [2.24, 2.45) is 0 Å². The Morgan fingerprint density at radius 2 is 1.82 bits per heavy atom.